The number of carboxylic acids is 2. The van der Waals surface area contributed by atoms with Crippen LogP contribution in [0.3, 0.4) is 0 Å². The lowest BCUT2D eigenvalue weighted by molar-refractivity contribution is -0.135. The van der Waals surface area contributed by atoms with Gasteiger partial charge in [0, 0.05) is 13.8 Å². The Labute approximate surface area is 103 Å². The summed E-state index contributed by atoms with van der Waals surface area (Å²) in [6.07, 6.45) is 0. The Kier molecular flexibility index (Phi) is 20.1. The highest BCUT2D eigenvalue weighted by molar-refractivity contribution is 5.63. The molecule has 17 heavy (non-hydrogen) atoms. The van der Waals surface area contributed by atoms with Crippen LogP contribution in [0, 0.1) is 6.92 Å². The van der Waals surface area contributed by atoms with E-state index in [1.807, 2.05) is 32.0 Å². The first-order chi connectivity index (χ1) is 7.86. The molecule has 1 rings (SSSR count). The number of carbonyl (C=O) groups is 2. The van der Waals surface area contributed by atoms with Crippen LogP contribution >= 0.6 is 0 Å². The van der Waals surface area contributed by atoms with Crippen molar-refractivity contribution in [2.24, 2.45) is 0 Å². The Morgan fingerprint density at radius 3 is 1.24 bits per heavy atom. The highest BCUT2D eigenvalue weighted by Gasteiger charge is 1.72. The van der Waals surface area contributed by atoms with Crippen molar-refractivity contribution in [2.75, 3.05) is 0 Å². The zero-order valence-corrected chi connectivity index (χ0v) is 11.1. The van der Waals surface area contributed by atoms with Crippen LogP contribution in [-0.2, 0) is 9.59 Å². The predicted octanol–water partition coefficient (Wildman–Crippen LogP) is 3.20. The van der Waals surface area contributed by atoms with E-state index in [-0.39, 0.29) is 0 Å². The second kappa shape index (κ2) is 16.6. The van der Waals surface area contributed by atoms with Gasteiger partial charge in [-0.1, -0.05) is 49.7 Å². The Morgan fingerprint density at radius 2 is 1.12 bits per heavy atom. The zero-order valence-electron chi connectivity index (χ0n) is 11.1. The standard InChI is InChI=1S/C7H8.2C2H4O2.C2H6/c1-7-5-3-2-4-6-7;2*1-2(3)4;1-2/h2-6H,1H3;2*1H3,(H,3,4);1-2H3. The molecule has 0 aliphatic heterocycles. The normalized spacial score (nSPS) is 6.88. The lowest BCUT2D eigenvalue weighted by Crippen LogP contribution is -1.78. The molecule has 0 amide bonds. The molecule has 0 radical (unpaired) electrons. The monoisotopic (exact) mass is 242 g/mol. The van der Waals surface area contributed by atoms with Crippen molar-refractivity contribution in [1.29, 1.82) is 0 Å². The number of hydrogen-bond acceptors (Lipinski definition) is 2. The molecule has 0 aromatic heterocycles. The molecule has 2 N–H and O–H groups in total. The van der Waals surface area contributed by atoms with E-state index in [0.29, 0.717) is 0 Å². The maximum absolute atomic E-state index is 9.00. The largest absolute Gasteiger partial charge is 0.481 e. The number of rotatable bonds is 0. The Hall–Kier alpha value is -1.84. The summed E-state index contributed by atoms with van der Waals surface area (Å²) in [4.78, 5) is 18.0. The van der Waals surface area contributed by atoms with Gasteiger partial charge in [0.15, 0.2) is 0 Å². The van der Waals surface area contributed by atoms with Gasteiger partial charge in [-0.05, 0) is 6.92 Å². The maximum Gasteiger partial charge on any atom is 0.300 e. The lowest BCUT2D eigenvalue weighted by atomic mass is 10.2. The quantitative estimate of drug-likeness (QED) is 0.732. The van der Waals surface area contributed by atoms with Crippen LogP contribution in [0.1, 0.15) is 33.3 Å². The van der Waals surface area contributed by atoms with Gasteiger partial charge >= 0.3 is 0 Å². The molecule has 4 nitrogen and oxygen atoms in total. The van der Waals surface area contributed by atoms with Crippen molar-refractivity contribution in [1.82, 2.24) is 0 Å². The van der Waals surface area contributed by atoms with Crippen molar-refractivity contribution in [3.63, 3.8) is 0 Å². The van der Waals surface area contributed by atoms with E-state index in [2.05, 4.69) is 19.1 Å². The maximum atomic E-state index is 9.00. The van der Waals surface area contributed by atoms with Gasteiger partial charge in [-0.3, -0.25) is 9.59 Å². The minimum absolute atomic E-state index is 0.833. The summed E-state index contributed by atoms with van der Waals surface area (Å²) in [5.41, 5.74) is 1.32. The molecule has 4 heteroatoms. The summed E-state index contributed by atoms with van der Waals surface area (Å²) in [6.45, 7) is 8.25. The summed E-state index contributed by atoms with van der Waals surface area (Å²) in [6, 6.07) is 10.3. The van der Waals surface area contributed by atoms with Crippen molar-refractivity contribution >= 4 is 11.9 Å². The second-order valence-electron chi connectivity index (χ2n) is 2.69. The third-order valence-electron chi connectivity index (χ3n) is 0.940. The van der Waals surface area contributed by atoms with E-state index >= 15 is 0 Å². The first-order valence-electron chi connectivity index (χ1n) is 5.27. The van der Waals surface area contributed by atoms with E-state index in [1.165, 1.54) is 5.56 Å². The van der Waals surface area contributed by atoms with Crippen LogP contribution in [0.25, 0.3) is 0 Å². The van der Waals surface area contributed by atoms with Gasteiger partial charge in [-0.25, -0.2) is 0 Å². The molecule has 0 unspecified atom stereocenters. The third kappa shape index (κ3) is 55.2. The van der Waals surface area contributed by atoms with Crippen LogP contribution in [0.4, 0.5) is 0 Å². The minimum atomic E-state index is -0.833. The Balaban J connectivity index is -0.000000172. The van der Waals surface area contributed by atoms with Crippen LogP contribution in [-0.4, -0.2) is 22.2 Å². The molecular formula is C13H22O4. The number of aliphatic carboxylic acids is 2. The highest BCUT2D eigenvalue weighted by Crippen LogP contribution is 1.92. The van der Waals surface area contributed by atoms with Gasteiger partial charge in [-0.2, -0.15) is 0 Å². The van der Waals surface area contributed by atoms with Gasteiger partial charge in [0.25, 0.3) is 11.9 Å². The number of benzene rings is 1. The van der Waals surface area contributed by atoms with Crippen molar-refractivity contribution in [3.05, 3.63) is 35.9 Å². The lowest BCUT2D eigenvalue weighted by Gasteiger charge is -1.82. The van der Waals surface area contributed by atoms with E-state index < -0.39 is 11.9 Å². The van der Waals surface area contributed by atoms with Gasteiger partial charge < -0.3 is 10.2 Å². The van der Waals surface area contributed by atoms with Crippen LogP contribution in [0.5, 0.6) is 0 Å². The third-order valence-corrected chi connectivity index (χ3v) is 0.940. The van der Waals surface area contributed by atoms with Crippen molar-refractivity contribution in [3.8, 4) is 0 Å². The van der Waals surface area contributed by atoms with Gasteiger partial charge in [0.2, 0.25) is 0 Å². The van der Waals surface area contributed by atoms with Crippen LogP contribution < -0.4 is 0 Å². The molecular weight excluding hydrogens is 220 g/mol. The van der Waals surface area contributed by atoms with E-state index in [9.17, 15) is 0 Å². The van der Waals surface area contributed by atoms with Crippen molar-refractivity contribution in [2.45, 2.75) is 34.6 Å². The molecule has 0 saturated carbocycles. The molecule has 0 atom stereocenters. The first-order valence-corrected chi connectivity index (χ1v) is 5.27. The van der Waals surface area contributed by atoms with Gasteiger partial charge in [-0.15, -0.1) is 0 Å². The van der Waals surface area contributed by atoms with E-state index in [1.54, 1.807) is 0 Å². The molecule has 98 valence electrons. The fourth-order valence-electron chi connectivity index (χ4n) is 0.534. The van der Waals surface area contributed by atoms with Crippen LogP contribution in [0.15, 0.2) is 30.3 Å². The average molecular weight is 242 g/mol. The SMILES string of the molecule is CC.CC(=O)O.CC(=O)O.Cc1ccccc1. The molecule has 0 aliphatic rings. The number of aryl methyl sites for hydroxylation is 1. The van der Waals surface area contributed by atoms with E-state index in [0.717, 1.165) is 13.8 Å². The average Bonchev–Trinajstić information content (AvgIpc) is 2.20. The summed E-state index contributed by atoms with van der Waals surface area (Å²) in [5, 5.41) is 14.8. The minimum Gasteiger partial charge on any atom is -0.481 e. The van der Waals surface area contributed by atoms with E-state index in [4.69, 9.17) is 19.8 Å². The second-order valence-corrected chi connectivity index (χ2v) is 2.69. The van der Waals surface area contributed by atoms with Gasteiger partial charge in [0.1, 0.15) is 0 Å². The molecule has 0 bridgehead atoms. The summed E-state index contributed by atoms with van der Waals surface area (Å²) >= 11 is 0. The van der Waals surface area contributed by atoms with Gasteiger partial charge in [0.05, 0.1) is 0 Å². The number of carboxylic acid groups (broad SMARTS) is 2. The fraction of sp³-hybridized carbons (Fsp3) is 0.385. The molecule has 0 heterocycles. The molecule has 0 saturated heterocycles. The van der Waals surface area contributed by atoms with Crippen LogP contribution in [0.2, 0.25) is 0 Å². The summed E-state index contributed by atoms with van der Waals surface area (Å²) in [5.74, 6) is -1.67. The molecule has 0 aliphatic carbocycles. The molecule has 0 fully saturated rings. The molecule has 1 aromatic carbocycles. The first kappa shape index (κ1) is 20.6. The number of hydrogen-bond donors (Lipinski definition) is 2. The predicted molar refractivity (Wildman–Crippen MR) is 69.1 cm³/mol. The highest BCUT2D eigenvalue weighted by atomic mass is 16.4. The summed E-state index contributed by atoms with van der Waals surface area (Å²) in [7, 11) is 0. The topological polar surface area (TPSA) is 74.6 Å². The Bertz CT molecular complexity index is 261. The smallest absolute Gasteiger partial charge is 0.300 e. The molecule has 0 spiro atoms. The Morgan fingerprint density at radius 1 is 0.882 bits per heavy atom. The molecule has 1 aromatic rings. The summed E-state index contributed by atoms with van der Waals surface area (Å²) < 4.78 is 0. The zero-order chi connectivity index (χ0) is 14.3. The fourth-order valence-corrected chi connectivity index (χ4v) is 0.534. The van der Waals surface area contributed by atoms with Crippen molar-refractivity contribution < 1.29 is 19.8 Å².